The average Bonchev–Trinajstić information content (AvgIpc) is 2.94. The van der Waals surface area contributed by atoms with E-state index in [-0.39, 0.29) is 0 Å². The van der Waals surface area contributed by atoms with E-state index in [1.807, 2.05) is 41.8 Å². The van der Waals surface area contributed by atoms with Gasteiger partial charge in [-0.3, -0.25) is 5.10 Å². The number of benzene rings is 2. The van der Waals surface area contributed by atoms with E-state index in [2.05, 4.69) is 34.5 Å². The van der Waals surface area contributed by atoms with Crippen molar-refractivity contribution >= 4 is 12.2 Å². The van der Waals surface area contributed by atoms with Crippen molar-refractivity contribution in [2.75, 3.05) is 0 Å². The molecule has 2 aromatic carbocycles. The highest BCUT2D eigenvalue weighted by Crippen LogP contribution is 2.22. The Balaban J connectivity index is 1.70. The monoisotopic (exact) mass is 311 g/mol. The maximum absolute atomic E-state index is 5.79. The predicted molar refractivity (Wildman–Crippen MR) is 89.3 cm³/mol. The van der Waals surface area contributed by atoms with Gasteiger partial charge in [-0.15, -0.1) is 0 Å². The summed E-state index contributed by atoms with van der Waals surface area (Å²) in [6.45, 7) is 3.20. The van der Waals surface area contributed by atoms with Crippen LogP contribution in [0.3, 0.4) is 0 Å². The summed E-state index contributed by atoms with van der Waals surface area (Å²) < 4.78 is 8.34. The van der Waals surface area contributed by atoms with Gasteiger partial charge in [0.05, 0.1) is 0 Å². The van der Waals surface area contributed by atoms with E-state index >= 15 is 0 Å². The topological polar surface area (TPSA) is 42.8 Å². The van der Waals surface area contributed by atoms with Gasteiger partial charge in [0.15, 0.2) is 10.6 Å². The van der Waals surface area contributed by atoms with E-state index < -0.39 is 0 Å². The van der Waals surface area contributed by atoms with E-state index in [9.17, 15) is 0 Å². The molecule has 0 aliphatic rings. The molecule has 0 radical (unpaired) electrons. The lowest BCUT2D eigenvalue weighted by Crippen LogP contribution is -2.06. The second-order valence-electron chi connectivity index (χ2n) is 4.87. The molecule has 3 rings (SSSR count). The summed E-state index contributed by atoms with van der Waals surface area (Å²) in [6.07, 6.45) is 0. The number of nitrogens with zero attached hydrogens (tertiary/aromatic N) is 2. The van der Waals surface area contributed by atoms with E-state index in [4.69, 9.17) is 17.0 Å². The van der Waals surface area contributed by atoms with Crippen molar-refractivity contribution in [2.24, 2.45) is 0 Å². The Morgan fingerprint density at radius 2 is 1.73 bits per heavy atom. The first-order chi connectivity index (χ1) is 10.8. The molecular formula is C17H17N3OS. The van der Waals surface area contributed by atoms with Gasteiger partial charge in [-0.05, 0) is 42.4 Å². The van der Waals surface area contributed by atoms with Crippen LogP contribution in [-0.4, -0.2) is 14.8 Å². The van der Waals surface area contributed by atoms with Gasteiger partial charge >= 0.3 is 0 Å². The van der Waals surface area contributed by atoms with Crippen LogP contribution in [0.4, 0.5) is 0 Å². The predicted octanol–water partition coefficient (Wildman–Crippen LogP) is 4.21. The highest BCUT2D eigenvalue weighted by Gasteiger charge is 2.05. The zero-order chi connectivity index (χ0) is 15.4. The number of hydrogen-bond donors (Lipinski definition) is 1. The quantitative estimate of drug-likeness (QED) is 0.718. The van der Waals surface area contributed by atoms with Gasteiger partial charge in [-0.2, -0.15) is 5.10 Å². The summed E-state index contributed by atoms with van der Waals surface area (Å²) in [7, 11) is 0. The van der Waals surface area contributed by atoms with Crippen LogP contribution in [0.5, 0.6) is 5.75 Å². The molecule has 0 atom stereocenters. The normalized spacial score (nSPS) is 10.6. The van der Waals surface area contributed by atoms with E-state index in [0.29, 0.717) is 11.4 Å². The van der Waals surface area contributed by atoms with Gasteiger partial charge in [-0.25, -0.2) is 0 Å². The van der Waals surface area contributed by atoms with Crippen molar-refractivity contribution in [3.8, 4) is 16.9 Å². The van der Waals surface area contributed by atoms with Crippen LogP contribution in [-0.2, 0) is 13.2 Å². The Morgan fingerprint density at radius 3 is 2.41 bits per heavy atom. The molecule has 0 bridgehead atoms. The molecular weight excluding hydrogens is 294 g/mol. The van der Waals surface area contributed by atoms with E-state index in [1.54, 1.807) is 0 Å². The lowest BCUT2D eigenvalue weighted by molar-refractivity contribution is 0.289. The number of hydrogen-bond acceptors (Lipinski definition) is 3. The third-order valence-corrected chi connectivity index (χ3v) is 3.79. The highest BCUT2D eigenvalue weighted by molar-refractivity contribution is 7.71. The van der Waals surface area contributed by atoms with E-state index in [1.165, 1.54) is 11.1 Å². The Bertz CT molecular complexity index is 791. The van der Waals surface area contributed by atoms with Crippen LogP contribution in [0.15, 0.2) is 54.6 Å². The minimum atomic E-state index is 0.395. The van der Waals surface area contributed by atoms with Crippen molar-refractivity contribution < 1.29 is 4.74 Å². The molecule has 22 heavy (non-hydrogen) atoms. The zero-order valence-corrected chi connectivity index (χ0v) is 13.1. The van der Waals surface area contributed by atoms with Crippen LogP contribution in [0.2, 0.25) is 0 Å². The highest BCUT2D eigenvalue weighted by atomic mass is 32.1. The largest absolute Gasteiger partial charge is 0.486 e. The molecule has 0 aliphatic carbocycles. The first-order valence-corrected chi connectivity index (χ1v) is 7.61. The molecule has 112 valence electrons. The maximum atomic E-state index is 5.79. The van der Waals surface area contributed by atoms with Crippen LogP contribution in [0, 0.1) is 4.77 Å². The molecule has 0 saturated carbocycles. The summed E-state index contributed by atoms with van der Waals surface area (Å²) >= 11 is 5.16. The third-order valence-electron chi connectivity index (χ3n) is 3.48. The Labute approximate surface area is 134 Å². The summed E-state index contributed by atoms with van der Waals surface area (Å²) in [6, 6.07) is 18.3. The summed E-state index contributed by atoms with van der Waals surface area (Å²) in [5.41, 5.74) is 2.37. The number of ether oxygens (including phenoxy) is 1. The molecule has 3 aromatic rings. The Morgan fingerprint density at radius 1 is 1.05 bits per heavy atom. The second-order valence-corrected chi connectivity index (χ2v) is 5.26. The van der Waals surface area contributed by atoms with Gasteiger partial charge in [0.2, 0.25) is 0 Å². The maximum Gasteiger partial charge on any atom is 0.195 e. The molecule has 5 heteroatoms. The van der Waals surface area contributed by atoms with Gasteiger partial charge in [-0.1, -0.05) is 42.5 Å². The minimum absolute atomic E-state index is 0.395. The fourth-order valence-electron chi connectivity index (χ4n) is 2.31. The summed E-state index contributed by atoms with van der Waals surface area (Å²) in [4.78, 5) is 0. The van der Waals surface area contributed by atoms with Crippen molar-refractivity contribution in [1.29, 1.82) is 0 Å². The molecule has 0 saturated heterocycles. The molecule has 0 fully saturated rings. The summed E-state index contributed by atoms with van der Waals surface area (Å²) in [5.74, 6) is 1.62. The van der Waals surface area contributed by atoms with Crippen LogP contribution < -0.4 is 4.74 Å². The SMILES string of the molecule is CCn1c(COc2ccc(-c3ccccc3)cc2)n[nH]c1=S. The van der Waals surface area contributed by atoms with E-state index in [0.717, 1.165) is 18.1 Å². The van der Waals surface area contributed by atoms with Crippen LogP contribution >= 0.6 is 12.2 Å². The molecule has 4 nitrogen and oxygen atoms in total. The lowest BCUT2D eigenvalue weighted by atomic mass is 10.1. The molecule has 1 N–H and O–H groups in total. The molecule has 1 heterocycles. The fraction of sp³-hybridized carbons (Fsp3) is 0.176. The Kier molecular flexibility index (Phi) is 4.34. The van der Waals surface area contributed by atoms with Gasteiger partial charge in [0.1, 0.15) is 12.4 Å². The average molecular weight is 311 g/mol. The van der Waals surface area contributed by atoms with Crippen LogP contribution in [0.1, 0.15) is 12.7 Å². The molecule has 1 aromatic heterocycles. The first-order valence-electron chi connectivity index (χ1n) is 7.20. The molecule has 0 unspecified atom stereocenters. The van der Waals surface area contributed by atoms with Gasteiger partial charge in [0, 0.05) is 6.54 Å². The minimum Gasteiger partial charge on any atom is -0.486 e. The fourth-order valence-corrected chi connectivity index (χ4v) is 2.59. The standard InChI is InChI=1S/C17H17N3OS/c1-2-20-16(18-19-17(20)22)12-21-15-10-8-14(9-11-15)13-6-4-3-5-7-13/h3-11H,2,12H2,1H3,(H,19,22). The molecule has 0 aliphatic heterocycles. The van der Waals surface area contributed by atoms with Crippen molar-refractivity contribution in [3.05, 3.63) is 65.2 Å². The van der Waals surface area contributed by atoms with Gasteiger partial charge < -0.3 is 9.30 Å². The van der Waals surface area contributed by atoms with Crippen molar-refractivity contribution in [2.45, 2.75) is 20.1 Å². The molecule has 0 amide bonds. The number of aromatic nitrogens is 3. The third kappa shape index (κ3) is 3.09. The first kappa shape index (κ1) is 14.5. The van der Waals surface area contributed by atoms with Gasteiger partial charge in [0.25, 0.3) is 0 Å². The Hall–Kier alpha value is -2.40. The van der Waals surface area contributed by atoms with Crippen LogP contribution in [0.25, 0.3) is 11.1 Å². The zero-order valence-electron chi connectivity index (χ0n) is 12.3. The second kappa shape index (κ2) is 6.58. The number of H-pyrrole nitrogens is 1. The number of aromatic amines is 1. The number of rotatable bonds is 5. The smallest absolute Gasteiger partial charge is 0.195 e. The molecule has 0 spiro atoms. The number of nitrogens with one attached hydrogen (secondary N) is 1. The van der Waals surface area contributed by atoms with Crippen molar-refractivity contribution in [1.82, 2.24) is 14.8 Å². The van der Waals surface area contributed by atoms with Crippen molar-refractivity contribution in [3.63, 3.8) is 0 Å². The summed E-state index contributed by atoms with van der Waals surface area (Å²) in [5, 5.41) is 6.98. The lowest BCUT2D eigenvalue weighted by Gasteiger charge is -2.08.